The fourth-order valence-electron chi connectivity index (χ4n) is 3.18. The molecule has 3 amide bonds. The summed E-state index contributed by atoms with van der Waals surface area (Å²) >= 11 is 0. The first-order chi connectivity index (χ1) is 16.9. The molecule has 1 aromatic heterocycles. The Bertz CT molecular complexity index is 1220. The summed E-state index contributed by atoms with van der Waals surface area (Å²) in [5.41, 5.74) is 3.05. The number of aromatic nitrogens is 1. The number of aliphatic carboxylic acids is 1. The molecule has 0 aliphatic rings. The SMILES string of the molecule is CCNC(=O)Nc1cc(Nc2ccccc2)c(C(=O)Nc2ccc(C=C(CC)C(=O)O)cc2)cn1. The highest BCUT2D eigenvalue weighted by Crippen LogP contribution is 2.24. The van der Waals surface area contributed by atoms with E-state index in [1.54, 1.807) is 50.3 Å². The second kappa shape index (κ2) is 12.0. The number of amides is 3. The van der Waals surface area contributed by atoms with Crippen molar-refractivity contribution in [3.05, 3.63) is 83.6 Å². The van der Waals surface area contributed by atoms with Crippen LogP contribution >= 0.6 is 0 Å². The second-order valence-electron chi connectivity index (χ2n) is 7.50. The van der Waals surface area contributed by atoms with Gasteiger partial charge >= 0.3 is 12.0 Å². The zero-order valence-electron chi connectivity index (χ0n) is 19.5. The summed E-state index contributed by atoms with van der Waals surface area (Å²) in [7, 11) is 0. The molecule has 0 aliphatic heterocycles. The number of hydrogen-bond donors (Lipinski definition) is 5. The largest absolute Gasteiger partial charge is 0.478 e. The zero-order valence-corrected chi connectivity index (χ0v) is 19.5. The van der Waals surface area contributed by atoms with Crippen LogP contribution in [0.4, 0.5) is 27.7 Å². The number of carboxylic acid groups (broad SMARTS) is 1. The number of hydrogen-bond acceptors (Lipinski definition) is 5. The number of benzene rings is 2. The average Bonchev–Trinajstić information content (AvgIpc) is 2.84. The molecule has 0 radical (unpaired) electrons. The van der Waals surface area contributed by atoms with Crippen molar-refractivity contribution in [3.8, 4) is 0 Å². The van der Waals surface area contributed by atoms with Crippen molar-refractivity contribution in [2.45, 2.75) is 20.3 Å². The van der Waals surface area contributed by atoms with Crippen molar-refractivity contribution in [3.63, 3.8) is 0 Å². The van der Waals surface area contributed by atoms with Gasteiger partial charge in [0.1, 0.15) is 5.82 Å². The summed E-state index contributed by atoms with van der Waals surface area (Å²) in [6.07, 6.45) is 3.39. The maximum atomic E-state index is 13.1. The molecule has 0 atom stereocenters. The van der Waals surface area contributed by atoms with E-state index >= 15 is 0 Å². The van der Waals surface area contributed by atoms with Crippen LogP contribution in [0.15, 0.2) is 72.4 Å². The summed E-state index contributed by atoms with van der Waals surface area (Å²) < 4.78 is 0. The van der Waals surface area contributed by atoms with Crippen molar-refractivity contribution in [1.29, 1.82) is 0 Å². The molecule has 180 valence electrons. The number of carbonyl (C=O) groups is 3. The van der Waals surface area contributed by atoms with Gasteiger partial charge in [-0.3, -0.25) is 10.1 Å². The molecule has 1 heterocycles. The lowest BCUT2D eigenvalue weighted by Crippen LogP contribution is -2.28. The lowest BCUT2D eigenvalue weighted by molar-refractivity contribution is -0.132. The quantitative estimate of drug-likeness (QED) is 0.275. The highest BCUT2D eigenvalue weighted by molar-refractivity contribution is 6.08. The Balaban J connectivity index is 1.83. The fourth-order valence-corrected chi connectivity index (χ4v) is 3.18. The molecule has 0 spiro atoms. The van der Waals surface area contributed by atoms with Crippen molar-refractivity contribution in [2.75, 3.05) is 22.5 Å². The van der Waals surface area contributed by atoms with Gasteiger partial charge < -0.3 is 21.1 Å². The number of urea groups is 1. The standard InChI is InChI=1S/C26H27N5O4/c1-3-18(25(33)34)14-17-10-12-20(13-11-17)30-24(32)21-16-28-23(31-26(35)27-4-2)15-22(21)29-19-8-6-5-7-9-19/h5-16H,3-4H2,1-2H3,(H,30,32)(H,33,34)(H3,27,28,29,31,35). The van der Waals surface area contributed by atoms with Crippen LogP contribution in [0.25, 0.3) is 6.08 Å². The molecule has 0 saturated carbocycles. The van der Waals surface area contributed by atoms with Crippen LogP contribution in [0.1, 0.15) is 36.2 Å². The molecule has 0 saturated heterocycles. The van der Waals surface area contributed by atoms with Gasteiger partial charge in [0.05, 0.1) is 11.3 Å². The Hall–Kier alpha value is -4.66. The van der Waals surface area contributed by atoms with Crippen molar-refractivity contribution >= 4 is 46.9 Å². The zero-order chi connectivity index (χ0) is 25.2. The van der Waals surface area contributed by atoms with Crippen LogP contribution in [0.3, 0.4) is 0 Å². The Morgan fingerprint density at radius 2 is 1.66 bits per heavy atom. The number of para-hydroxylation sites is 1. The molecule has 3 aromatic rings. The van der Waals surface area contributed by atoms with E-state index in [9.17, 15) is 19.5 Å². The minimum absolute atomic E-state index is 0.276. The summed E-state index contributed by atoms with van der Waals surface area (Å²) in [5.74, 6) is -1.07. The van der Waals surface area contributed by atoms with Gasteiger partial charge in [0.25, 0.3) is 5.91 Å². The Kier molecular flexibility index (Phi) is 8.55. The lowest BCUT2D eigenvalue weighted by atomic mass is 10.1. The van der Waals surface area contributed by atoms with Crippen LogP contribution in [-0.4, -0.2) is 34.5 Å². The summed E-state index contributed by atoms with van der Waals surface area (Å²) in [5, 5.41) is 20.5. The number of anilines is 4. The van der Waals surface area contributed by atoms with E-state index in [4.69, 9.17) is 0 Å². The molecule has 5 N–H and O–H groups in total. The molecule has 35 heavy (non-hydrogen) atoms. The van der Waals surface area contributed by atoms with Crippen molar-refractivity contribution < 1.29 is 19.5 Å². The first-order valence-corrected chi connectivity index (χ1v) is 11.1. The third kappa shape index (κ3) is 7.16. The molecule has 2 aromatic carbocycles. The minimum Gasteiger partial charge on any atom is -0.478 e. The molecule has 0 bridgehead atoms. The van der Waals surface area contributed by atoms with E-state index in [2.05, 4.69) is 26.3 Å². The predicted molar refractivity (Wildman–Crippen MR) is 137 cm³/mol. The number of carbonyl (C=O) groups excluding carboxylic acids is 2. The normalized spacial score (nSPS) is 10.9. The van der Waals surface area contributed by atoms with Crippen LogP contribution in [-0.2, 0) is 4.79 Å². The van der Waals surface area contributed by atoms with Crippen LogP contribution < -0.4 is 21.3 Å². The number of rotatable bonds is 9. The molecule has 3 rings (SSSR count). The minimum atomic E-state index is -0.957. The molecule has 0 fully saturated rings. The first kappa shape index (κ1) is 25.0. The number of pyridine rings is 1. The molecule has 9 heteroatoms. The molecule has 0 unspecified atom stereocenters. The van der Waals surface area contributed by atoms with Gasteiger partial charge in [-0.25, -0.2) is 14.6 Å². The summed E-state index contributed by atoms with van der Waals surface area (Å²) in [6, 6.07) is 17.4. The summed E-state index contributed by atoms with van der Waals surface area (Å²) in [6.45, 7) is 4.05. The molecular weight excluding hydrogens is 446 g/mol. The van der Waals surface area contributed by atoms with E-state index < -0.39 is 17.9 Å². The number of nitrogens with zero attached hydrogens (tertiary/aromatic N) is 1. The fraction of sp³-hybridized carbons (Fsp3) is 0.154. The van der Waals surface area contributed by atoms with Crippen molar-refractivity contribution in [2.24, 2.45) is 0 Å². The number of nitrogens with one attached hydrogen (secondary N) is 4. The van der Waals surface area contributed by atoms with Crippen molar-refractivity contribution in [1.82, 2.24) is 10.3 Å². The van der Waals surface area contributed by atoms with Gasteiger partial charge in [0, 0.05) is 35.8 Å². The number of carboxylic acids is 1. The topological polar surface area (TPSA) is 132 Å². The third-order valence-electron chi connectivity index (χ3n) is 4.95. The third-order valence-corrected chi connectivity index (χ3v) is 4.95. The maximum absolute atomic E-state index is 13.1. The Morgan fingerprint density at radius 1 is 0.943 bits per heavy atom. The van der Waals surface area contributed by atoms with E-state index in [0.717, 1.165) is 11.3 Å². The van der Waals surface area contributed by atoms with Crippen LogP contribution in [0, 0.1) is 0 Å². The first-order valence-electron chi connectivity index (χ1n) is 11.1. The molecule has 0 aliphatic carbocycles. The van der Waals surface area contributed by atoms with Gasteiger partial charge in [-0.1, -0.05) is 37.3 Å². The van der Waals surface area contributed by atoms with Crippen LogP contribution in [0.5, 0.6) is 0 Å². The Labute approximate surface area is 203 Å². The van der Waals surface area contributed by atoms with Gasteiger partial charge in [-0.2, -0.15) is 0 Å². The smallest absolute Gasteiger partial charge is 0.331 e. The highest BCUT2D eigenvalue weighted by atomic mass is 16.4. The second-order valence-corrected chi connectivity index (χ2v) is 7.50. The monoisotopic (exact) mass is 473 g/mol. The van der Waals surface area contributed by atoms with Gasteiger partial charge in [-0.15, -0.1) is 0 Å². The summed E-state index contributed by atoms with van der Waals surface area (Å²) in [4.78, 5) is 40.4. The predicted octanol–water partition coefficient (Wildman–Crippen LogP) is 5.10. The lowest BCUT2D eigenvalue weighted by Gasteiger charge is -2.14. The van der Waals surface area contributed by atoms with E-state index in [1.807, 2.05) is 30.3 Å². The van der Waals surface area contributed by atoms with Crippen LogP contribution in [0.2, 0.25) is 0 Å². The van der Waals surface area contributed by atoms with E-state index in [1.165, 1.54) is 6.20 Å². The van der Waals surface area contributed by atoms with Gasteiger partial charge in [-0.05, 0) is 49.2 Å². The maximum Gasteiger partial charge on any atom is 0.331 e. The van der Waals surface area contributed by atoms with Gasteiger partial charge in [0.2, 0.25) is 0 Å². The highest BCUT2D eigenvalue weighted by Gasteiger charge is 2.15. The molecule has 9 nitrogen and oxygen atoms in total. The van der Waals surface area contributed by atoms with E-state index in [0.29, 0.717) is 29.9 Å². The Morgan fingerprint density at radius 3 is 2.29 bits per heavy atom. The van der Waals surface area contributed by atoms with E-state index in [-0.39, 0.29) is 11.4 Å². The average molecular weight is 474 g/mol. The van der Waals surface area contributed by atoms with Gasteiger partial charge in [0.15, 0.2) is 0 Å². The molecular formula is C26H27N5O4.